The number of rotatable bonds is 6. The average Bonchev–Trinajstić information content (AvgIpc) is 3.22. The zero-order chi connectivity index (χ0) is 16.4. The van der Waals surface area contributed by atoms with Gasteiger partial charge in [-0.05, 0) is 62.4 Å². The van der Waals surface area contributed by atoms with Crippen LogP contribution in [-0.4, -0.2) is 33.0 Å². The number of benzene rings is 1. The third-order valence-electron chi connectivity index (χ3n) is 4.60. The second kappa shape index (κ2) is 7.82. The van der Waals surface area contributed by atoms with Crippen LogP contribution in [0, 0.1) is 5.92 Å². The van der Waals surface area contributed by atoms with Crippen molar-refractivity contribution in [3.8, 4) is 0 Å². The molecule has 0 bridgehead atoms. The van der Waals surface area contributed by atoms with Crippen molar-refractivity contribution in [2.24, 2.45) is 11.7 Å². The number of nitrogens with two attached hydrogens (primary N) is 1. The van der Waals surface area contributed by atoms with Gasteiger partial charge in [0.2, 0.25) is 10.0 Å². The van der Waals surface area contributed by atoms with Crippen molar-refractivity contribution in [1.29, 1.82) is 0 Å². The molecule has 1 amide bonds. The second-order valence-electron chi connectivity index (χ2n) is 6.43. The maximum absolute atomic E-state index is 12.3. The van der Waals surface area contributed by atoms with E-state index in [0.29, 0.717) is 18.0 Å². The van der Waals surface area contributed by atoms with Crippen LogP contribution in [0.25, 0.3) is 0 Å². The number of carbonyl (C=O) groups is 1. The fraction of sp³-hybridized carbons (Fsp3) is 0.562. The highest BCUT2D eigenvalue weighted by Crippen LogP contribution is 2.25. The normalized spacial score (nSPS) is 23.5. The van der Waals surface area contributed by atoms with Crippen molar-refractivity contribution in [2.75, 3.05) is 6.54 Å². The summed E-state index contributed by atoms with van der Waals surface area (Å²) in [5.74, 6) is 0.163. The Kier molecular flexibility index (Phi) is 6.25. The fourth-order valence-corrected chi connectivity index (χ4v) is 4.34. The van der Waals surface area contributed by atoms with Crippen LogP contribution < -0.4 is 15.8 Å². The lowest BCUT2D eigenvalue weighted by atomic mass is 10.0. The molecule has 0 heterocycles. The van der Waals surface area contributed by atoms with E-state index in [1.54, 1.807) is 12.1 Å². The van der Waals surface area contributed by atoms with E-state index in [1.165, 1.54) is 12.1 Å². The van der Waals surface area contributed by atoms with Gasteiger partial charge in [-0.3, -0.25) is 4.79 Å². The minimum Gasteiger partial charge on any atom is -0.349 e. The third kappa shape index (κ3) is 4.47. The standard InChI is InChI=1S/C16H23N3O3S.ClH/c17-10-12-2-1-3-15(12)18-16(20)11-4-8-14(9-5-11)23(21,22)19-13-6-7-13;/h4-5,8-9,12-13,15,19H,1-3,6-7,10,17H2,(H,18,20);1H. The molecule has 134 valence electrons. The lowest BCUT2D eigenvalue weighted by Crippen LogP contribution is -2.39. The fourth-order valence-electron chi connectivity index (χ4n) is 3.03. The molecule has 4 N–H and O–H groups in total. The van der Waals surface area contributed by atoms with Crippen LogP contribution in [0.3, 0.4) is 0 Å². The number of halogens is 1. The van der Waals surface area contributed by atoms with Crippen molar-refractivity contribution >= 4 is 28.3 Å². The molecule has 3 rings (SSSR count). The van der Waals surface area contributed by atoms with Gasteiger partial charge < -0.3 is 11.1 Å². The minimum absolute atomic E-state index is 0. The molecule has 2 aliphatic rings. The van der Waals surface area contributed by atoms with Gasteiger partial charge in [0.15, 0.2) is 0 Å². The summed E-state index contributed by atoms with van der Waals surface area (Å²) in [7, 11) is -3.47. The van der Waals surface area contributed by atoms with E-state index in [9.17, 15) is 13.2 Å². The topological polar surface area (TPSA) is 101 Å². The first-order valence-corrected chi connectivity index (χ1v) is 9.61. The molecule has 24 heavy (non-hydrogen) atoms. The van der Waals surface area contributed by atoms with Gasteiger partial charge in [0.1, 0.15) is 0 Å². The highest BCUT2D eigenvalue weighted by Gasteiger charge is 2.29. The molecule has 2 saturated carbocycles. The van der Waals surface area contributed by atoms with Crippen LogP contribution in [0.1, 0.15) is 42.5 Å². The second-order valence-corrected chi connectivity index (χ2v) is 8.14. The zero-order valence-corrected chi connectivity index (χ0v) is 15.0. The maximum atomic E-state index is 12.3. The molecule has 0 aromatic heterocycles. The molecule has 2 atom stereocenters. The summed E-state index contributed by atoms with van der Waals surface area (Å²) >= 11 is 0. The van der Waals surface area contributed by atoms with Crippen LogP contribution in [0.2, 0.25) is 0 Å². The predicted octanol–water partition coefficient (Wildman–Crippen LogP) is 1.41. The Morgan fingerprint density at radius 2 is 1.79 bits per heavy atom. The number of nitrogens with one attached hydrogen (secondary N) is 2. The Balaban J connectivity index is 0.00000208. The Labute approximate surface area is 149 Å². The van der Waals surface area contributed by atoms with Crippen LogP contribution in [-0.2, 0) is 10.0 Å². The highest BCUT2D eigenvalue weighted by molar-refractivity contribution is 7.89. The van der Waals surface area contributed by atoms with Gasteiger partial charge in [-0.15, -0.1) is 12.4 Å². The smallest absolute Gasteiger partial charge is 0.251 e. The third-order valence-corrected chi connectivity index (χ3v) is 6.14. The first-order chi connectivity index (χ1) is 11.0. The van der Waals surface area contributed by atoms with Crippen molar-refractivity contribution in [1.82, 2.24) is 10.0 Å². The van der Waals surface area contributed by atoms with Gasteiger partial charge >= 0.3 is 0 Å². The number of carbonyl (C=O) groups excluding carboxylic acids is 1. The average molecular weight is 374 g/mol. The molecule has 2 unspecified atom stereocenters. The first kappa shape index (κ1) is 19.2. The summed E-state index contributed by atoms with van der Waals surface area (Å²) < 4.78 is 26.8. The summed E-state index contributed by atoms with van der Waals surface area (Å²) in [6.45, 7) is 0.578. The number of sulfonamides is 1. The minimum atomic E-state index is -3.47. The lowest BCUT2D eigenvalue weighted by Gasteiger charge is -2.19. The van der Waals surface area contributed by atoms with E-state index in [-0.39, 0.29) is 35.3 Å². The van der Waals surface area contributed by atoms with Crippen LogP contribution in [0.15, 0.2) is 29.2 Å². The van der Waals surface area contributed by atoms with E-state index in [0.717, 1.165) is 32.1 Å². The predicted molar refractivity (Wildman–Crippen MR) is 94.7 cm³/mol. The molecule has 1 aromatic rings. The Morgan fingerprint density at radius 3 is 2.38 bits per heavy atom. The van der Waals surface area contributed by atoms with E-state index in [1.807, 2.05) is 0 Å². The first-order valence-electron chi connectivity index (χ1n) is 8.13. The van der Waals surface area contributed by atoms with Gasteiger partial charge in [0, 0.05) is 17.6 Å². The van der Waals surface area contributed by atoms with Gasteiger partial charge in [-0.2, -0.15) is 0 Å². The molecule has 0 saturated heterocycles. The summed E-state index contributed by atoms with van der Waals surface area (Å²) in [5, 5.41) is 3.01. The molecule has 0 radical (unpaired) electrons. The van der Waals surface area contributed by atoms with Gasteiger partial charge in [0.05, 0.1) is 4.90 Å². The molecular weight excluding hydrogens is 350 g/mol. The van der Waals surface area contributed by atoms with Gasteiger partial charge in [0.25, 0.3) is 5.91 Å². The summed E-state index contributed by atoms with van der Waals surface area (Å²) in [6.07, 6.45) is 4.86. The number of amides is 1. The van der Waals surface area contributed by atoms with Crippen molar-refractivity contribution < 1.29 is 13.2 Å². The van der Waals surface area contributed by atoms with E-state index >= 15 is 0 Å². The number of hydrogen-bond acceptors (Lipinski definition) is 4. The SMILES string of the molecule is Cl.NCC1CCCC1NC(=O)c1ccc(S(=O)(=O)NC2CC2)cc1. The van der Waals surface area contributed by atoms with Crippen LogP contribution in [0.5, 0.6) is 0 Å². The molecule has 6 nitrogen and oxygen atoms in total. The molecule has 2 fully saturated rings. The van der Waals surface area contributed by atoms with E-state index < -0.39 is 10.0 Å². The van der Waals surface area contributed by atoms with Crippen LogP contribution >= 0.6 is 12.4 Å². The summed E-state index contributed by atoms with van der Waals surface area (Å²) in [5.41, 5.74) is 6.20. The largest absolute Gasteiger partial charge is 0.349 e. The van der Waals surface area contributed by atoms with Crippen molar-refractivity contribution in [3.63, 3.8) is 0 Å². The molecular formula is C16H24ClN3O3S. The van der Waals surface area contributed by atoms with E-state index in [4.69, 9.17) is 5.73 Å². The highest BCUT2D eigenvalue weighted by atomic mass is 35.5. The summed E-state index contributed by atoms with van der Waals surface area (Å²) in [6, 6.07) is 6.27. The number of hydrogen-bond donors (Lipinski definition) is 3. The van der Waals surface area contributed by atoms with Gasteiger partial charge in [-0.25, -0.2) is 13.1 Å². The Hall–Kier alpha value is -1.15. The van der Waals surface area contributed by atoms with Crippen LogP contribution in [0.4, 0.5) is 0 Å². The van der Waals surface area contributed by atoms with E-state index in [2.05, 4.69) is 10.0 Å². The molecule has 8 heteroatoms. The van der Waals surface area contributed by atoms with Gasteiger partial charge in [-0.1, -0.05) is 6.42 Å². The van der Waals surface area contributed by atoms with Crippen molar-refractivity contribution in [2.45, 2.75) is 49.1 Å². The molecule has 1 aromatic carbocycles. The molecule has 0 aliphatic heterocycles. The quantitative estimate of drug-likeness (QED) is 0.701. The Bertz CT molecular complexity index is 674. The van der Waals surface area contributed by atoms with Crippen molar-refractivity contribution in [3.05, 3.63) is 29.8 Å². The lowest BCUT2D eigenvalue weighted by molar-refractivity contribution is 0.0928. The monoisotopic (exact) mass is 373 g/mol. The maximum Gasteiger partial charge on any atom is 0.251 e. The zero-order valence-electron chi connectivity index (χ0n) is 13.4. The molecule has 2 aliphatic carbocycles. The Morgan fingerprint density at radius 1 is 1.12 bits per heavy atom. The molecule has 0 spiro atoms. The summed E-state index contributed by atoms with van der Waals surface area (Å²) in [4.78, 5) is 12.5.